The number of fused-ring (bicyclic) bond motifs is 1. The second-order valence-electron chi connectivity index (χ2n) is 10.2. The normalized spacial score (nSPS) is 19.2. The van der Waals surface area contributed by atoms with Crippen molar-refractivity contribution in [2.45, 2.75) is 77.2 Å². The van der Waals surface area contributed by atoms with Crippen molar-refractivity contribution in [1.29, 1.82) is 0 Å². The van der Waals surface area contributed by atoms with E-state index in [4.69, 9.17) is 9.47 Å². The number of urea groups is 1. The van der Waals surface area contributed by atoms with E-state index < -0.39 is 23.8 Å². The van der Waals surface area contributed by atoms with E-state index in [2.05, 4.69) is 16.0 Å². The van der Waals surface area contributed by atoms with Gasteiger partial charge in [-0.15, -0.1) is 0 Å². The maximum absolute atomic E-state index is 14.3. The smallest absolute Gasteiger partial charge is 0.316 e. The van der Waals surface area contributed by atoms with E-state index >= 15 is 0 Å². The van der Waals surface area contributed by atoms with Gasteiger partial charge in [-0.3, -0.25) is 9.59 Å². The highest BCUT2D eigenvalue weighted by atomic mass is 16.7. The lowest BCUT2D eigenvalue weighted by molar-refractivity contribution is -0.138. The number of ether oxygens (including phenoxy) is 2. The Morgan fingerprint density at radius 2 is 1.67 bits per heavy atom. The predicted octanol–water partition coefficient (Wildman–Crippen LogP) is 4.60. The van der Waals surface area contributed by atoms with Crippen LogP contribution in [-0.4, -0.2) is 49.9 Å². The van der Waals surface area contributed by atoms with E-state index in [0.717, 1.165) is 37.7 Å². The summed E-state index contributed by atoms with van der Waals surface area (Å²) in [7, 11) is 0. The van der Waals surface area contributed by atoms with E-state index in [1.807, 2.05) is 63.2 Å². The Morgan fingerprint density at radius 1 is 1.00 bits per heavy atom. The molecule has 1 heterocycles. The van der Waals surface area contributed by atoms with Crippen molar-refractivity contribution >= 4 is 29.2 Å². The van der Waals surface area contributed by atoms with Gasteiger partial charge >= 0.3 is 6.03 Å². The Labute approximate surface area is 230 Å². The molecule has 1 fully saturated rings. The van der Waals surface area contributed by atoms with Gasteiger partial charge in [0.25, 0.3) is 5.91 Å². The molecule has 1 atom stereocenters. The summed E-state index contributed by atoms with van der Waals surface area (Å²) in [6.07, 6.45) is 4.15. The van der Waals surface area contributed by atoms with Gasteiger partial charge in [0.1, 0.15) is 0 Å². The summed E-state index contributed by atoms with van der Waals surface area (Å²) in [5.74, 6) is -0.779. The number of anilines is 2. The van der Waals surface area contributed by atoms with Crippen LogP contribution >= 0.6 is 0 Å². The molecule has 0 bridgehead atoms. The fraction of sp³-hybridized carbons (Fsp3) is 0.500. The third-order valence-electron chi connectivity index (χ3n) is 7.33. The van der Waals surface area contributed by atoms with Crippen LogP contribution in [0.1, 0.15) is 63.5 Å². The molecule has 0 aromatic heterocycles. The molecule has 1 aliphatic heterocycles. The fourth-order valence-electron chi connectivity index (χ4n) is 5.46. The largest absolute Gasteiger partial charge is 0.351 e. The molecular weight excluding hydrogens is 496 g/mol. The Kier molecular flexibility index (Phi) is 9.59. The van der Waals surface area contributed by atoms with E-state index in [0.29, 0.717) is 30.2 Å². The molecule has 2 aromatic rings. The molecule has 39 heavy (non-hydrogen) atoms. The zero-order chi connectivity index (χ0) is 27.8. The molecule has 2 aliphatic rings. The standard InChI is InChI=1S/C30H40N4O5/c1-4-38-27(39-5-2)20-34-25-14-10-9-13-24(25)30(28(34)36,33-29(37)32-22-11-7-6-8-12-22)19-26(35)31-23-17-15-21(3)16-18-23/h9-10,13-18,22,27H,4-8,11-12,19-20H2,1-3H3,(H,31,35)(H2,32,33,37)/t30-/m0/s1. The molecule has 0 spiro atoms. The molecule has 210 valence electrons. The number of amides is 4. The summed E-state index contributed by atoms with van der Waals surface area (Å²) >= 11 is 0. The van der Waals surface area contributed by atoms with Crippen molar-refractivity contribution in [2.75, 3.05) is 30.0 Å². The summed E-state index contributed by atoms with van der Waals surface area (Å²) in [6, 6.07) is 14.3. The monoisotopic (exact) mass is 536 g/mol. The topological polar surface area (TPSA) is 109 Å². The van der Waals surface area contributed by atoms with Crippen LogP contribution in [0, 0.1) is 6.92 Å². The number of para-hydroxylation sites is 1. The lowest BCUT2D eigenvalue weighted by Crippen LogP contribution is -2.58. The maximum atomic E-state index is 14.3. The number of nitrogens with zero attached hydrogens (tertiary/aromatic N) is 1. The third-order valence-corrected chi connectivity index (χ3v) is 7.33. The van der Waals surface area contributed by atoms with Gasteiger partial charge in [-0.25, -0.2) is 4.79 Å². The minimum atomic E-state index is -1.59. The second-order valence-corrected chi connectivity index (χ2v) is 10.2. The molecule has 2 aromatic carbocycles. The van der Waals surface area contributed by atoms with E-state index in [9.17, 15) is 14.4 Å². The molecule has 4 amide bonds. The van der Waals surface area contributed by atoms with E-state index in [1.165, 1.54) is 0 Å². The van der Waals surface area contributed by atoms with Crippen LogP contribution in [0.25, 0.3) is 0 Å². The highest BCUT2D eigenvalue weighted by Gasteiger charge is 2.53. The lowest BCUT2D eigenvalue weighted by atomic mass is 9.87. The number of hydrogen-bond donors (Lipinski definition) is 3. The van der Waals surface area contributed by atoms with Gasteiger partial charge in [-0.1, -0.05) is 55.2 Å². The lowest BCUT2D eigenvalue weighted by Gasteiger charge is -2.32. The Bertz CT molecular complexity index is 1140. The average Bonchev–Trinajstić information content (AvgIpc) is 3.13. The van der Waals surface area contributed by atoms with Gasteiger partial charge in [-0.2, -0.15) is 0 Å². The number of carbonyl (C=O) groups is 3. The SMILES string of the molecule is CCOC(CN1C(=O)[C@@](CC(=O)Nc2ccc(C)cc2)(NC(=O)NC2CCCCC2)c2ccccc21)OCC. The molecule has 4 rings (SSSR count). The van der Waals surface area contributed by atoms with Crippen molar-refractivity contribution in [1.82, 2.24) is 10.6 Å². The Hall–Kier alpha value is -3.43. The van der Waals surface area contributed by atoms with Crippen LogP contribution in [0.2, 0.25) is 0 Å². The average molecular weight is 537 g/mol. The minimum Gasteiger partial charge on any atom is -0.351 e. The summed E-state index contributed by atoms with van der Waals surface area (Å²) in [4.78, 5) is 42.6. The quantitative estimate of drug-likeness (QED) is 0.364. The van der Waals surface area contributed by atoms with Crippen molar-refractivity contribution in [3.63, 3.8) is 0 Å². The highest BCUT2D eigenvalue weighted by Crippen LogP contribution is 2.43. The number of nitrogens with one attached hydrogen (secondary N) is 3. The molecule has 0 radical (unpaired) electrons. The van der Waals surface area contributed by atoms with Crippen molar-refractivity contribution in [2.24, 2.45) is 0 Å². The van der Waals surface area contributed by atoms with Crippen LogP contribution in [0.4, 0.5) is 16.2 Å². The molecule has 9 nitrogen and oxygen atoms in total. The van der Waals surface area contributed by atoms with Crippen molar-refractivity contribution in [3.05, 3.63) is 59.7 Å². The Balaban J connectivity index is 1.65. The predicted molar refractivity (Wildman–Crippen MR) is 150 cm³/mol. The summed E-state index contributed by atoms with van der Waals surface area (Å²) in [5.41, 5.74) is 1.29. The van der Waals surface area contributed by atoms with Crippen molar-refractivity contribution in [3.8, 4) is 0 Å². The molecule has 0 unspecified atom stereocenters. The van der Waals surface area contributed by atoms with Gasteiger partial charge in [0.2, 0.25) is 5.91 Å². The zero-order valence-corrected chi connectivity index (χ0v) is 23.1. The van der Waals surface area contributed by atoms with E-state index in [1.54, 1.807) is 11.0 Å². The minimum absolute atomic E-state index is 0.0420. The Morgan fingerprint density at radius 3 is 2.33 bits per heavy atom. The van der Waals surface area contributed by atoms with Crippen molar-refractivity contribution < 1.29 is 23.9 Å². The second kappa shape index (κ2) is 13.1. The van der Waals surface area contributed by atoms with Gasteiger partial charge in [0.05, 0.1) is 18.7 Å². The number of benzene rings is 2. The first-order valence-electron chi connectivity index (χ1n) is 14.0. The number of rotatable bonds is 11. The molecule has 0 saturated heterocycles. The molecule has 1 saturated carbocycles. The zero-order valence-electron chi connectivity index (χ0n) is 23.1. The first-order valence-corrected chi connectivity index (χ1v) is 14.0. The molecule has 1 aliphatic carbocycles. The first-order chi connectivity index (χ1) is 18.9. The summed E-state index contributed by atoms with van der Waals surface area (Å²) < 4.78 is 11.5. The number of hydrogen-bond acceptors (Lipinski definition) is 5. The first kappa shape index (κ1) is 28.6. The molecule has 9 heteroatoms. The van der Waals surface area contributed by atoms with Crippen LogP contribution in [0.3, 0.4) is 0 Å². The van der Waals surface area contributed by atoms with Crippen LogP contribution < -0.4 is 20.9 Å². The van der Waals surface area contributed by atoms with Crippen LogP contribution in [-0.2, 0) is 24.6 Å². The highest BCUT2D eigenvalue weighted by molar-refractivity contribution is 6.12. The molecular formula is C30H40N4O5. The number of aryl methyl sites for hydroxylation is 1. The fourth-order valence-corrected chi connectivity index (χ4v) is 5.46. The van der Waals surface area contributed by atoms with Gasteiger partial charge in [0, 0.05) is 30.5 Å². The third kappa shape index (κ3) is 6.78. The van der Waals surface area contributed by atoms with Gasteiger partial charge < -0.3 is 30.3 Å². The van der Waals surface area contributed by atoms with Crippen LogP contribution in [0.5, 0.6) is 0 Å². The van der Waals surface area contributed by atoms with Gasteiger partial charge in [-0.05, 0) is 51.8 Å². The van der Waals surface area contributed by atoms with Gasteiger partial charge in [0.15, 0.2) is 11.8 Å². The number of carbonyl (C=O) groups excluding carboxylic acids is 3. The summed E-state index contributed by atoms with van der Waals surface area (Å²) in [5, 5.41) is 8.89. The maximum Gasteiger partial charge on any atom is 0.316 e. The molecule has 3 N–H and O–H groups in total. The summed E-state index contributed by atoms with van der Waals surface area (Å²) in [6.45, 7) is 6.66. The van der Waals surface area contributed by atoms with E-state index in [-0.39, 0.29) is 24.9 Å². The van der Waals surface area contributed by atoms with Crippen LogP contribution in [0.15, 0.2) is 48.5 Å².